The molecule has 0 saturated carbocycles. The first-order valence-corrected chi connectivity index (χ1v) is 22.5. The third-order valence-electron chi connectivity index (χ3n) is 9.52. The second kappa shape index (κ2) is 46.0. The largest absolute Gasteiger partial charge is 0.457 e. The molecule has 4 nitrogen and oxygen atoms in total. The van der Waals surface area contributed by atoms with Gasteiger partial charge in [0, 0.05) is 13.0 Å². The molecule has 0 saturated heterocycles. The molecule has 0 aromatic carbocycles. The van der Waals surface area contributed by atoms with Gasteiger partial charge < -0.3 is 14.6 Å². The quantitative estimate of drug-likeness (QED) is 0.0385. The van der Waals surface area contributed by atoms with Crippen molar-refractivity contribution in [2.45, 2.75) is 213 Å². The molecule has 0 aromatic heterocycles. The van der Waals surface area contributed by atoms with E-state index in [1.54, 1.807) is 0 Å². The Kier molecular flexibility index (Phi) is 44.1. The van der Waals surface area contributed by atoms with Gasteiger partial charge in [-0.05, 0) is 83.5 Å². The van der Waals surface area contributed by atoms with E-state index in [2.05, 4.69) is 86.8 Å². The van der Waals surface area contributed by atoms with Gasteiger partial charge in [-0.25, -0.2) is 0 Å². The minimum atomic E-state index is -0.546. The smallest absolute Gasteiger partial charge is 0.306 e. The second-order valence-electron chi connectivity index (χ2n) is 14.7. The van der Waals surface area contributed by atoms with Gasteiger partial charge in [0.05, 0.1) is 13.2 Å². The summed E-state index contributed by atoms with van der Waals surface area (Å²) in [7, 11) is 0. The third-order valence-corrected chi connectivity index (χ3v) is 9.52. The first-order chi connectivity index (χ1) is 26.2. The summed E-state index contributed by atoms with van der Waals surface area (Å²) in [5.41, 5.74) is 0. The highest BCUT2D eigenvalue weighted by Gasteiger charge is 2.13. The Labute approximate surface area is 329 Å². The van der Waals surface area contributed by atoms with Crippen LogP contribution in [0.1, 0.15) is 206 Å². The Bertz CT molecular complexity index is 911. The number of aliphatic hydroxyl groups excluding tert-OH is 1. The van der Waals surface area contributed by atoms with Crippen LogP contribution in [-0.4, -0.2) is 37.0 Å². The fraction of sp³-hybridized carbons (Fsp3) is 0.735. The van der Waals surface area contributed by atoms with Gasteiger partial charge in [-0.15, -0.1) is 0 Å². The molecule has 0 aliphatic rings. The standard InChI is InChI=1S/C49H86O4/c1-3-5-7-9-11-13-15-17-19-21-23-24-25-26-27-28-30-32-34-36-38-40-42-44-49(51)53-48(46-50)47-52-45-43-41-39-37-35-33-31-29-22-20-18-16-14-12-10-8-6-4-2/h5,7,11,13,17-20,23-24,26-27,48,50H,3-4,6,8-10,12,14-16,21-22,25,28-47H2,1-2H3/b7-5-,13-11-,19-17-,20-18-,24-23-,27-26-. The van der Waals surface area contributed by atoms with E-state index in [0.717, 1.165) is 57.8 Å². The number of esters is 1. The molecule has 4 heteroatoms. The number of unbranched alkanes of at least 4 members (excludes halogenated alkanes) is 21. The lowest BCUT2D eigenvalue weighted by Gasteiger charge is -2.16. The number of hydrogen-bond donors (Lipinski definition) is 1. The van der Waals surface area contributed by atoms with Gasteiger partial charge in [0.2, 0.25) is 0 Å². The molecule has 0 bridgehead atoms. The molecule has 0 radical (unpaired) electrons. The number of carbonyl (C=O) groups excluding carboxylic acids is 1. The van der Waals surface area contributed by atoms with Crippen molar-refractivity contribution in [3.8, 4) is 0 Å². The molecule has 1 unspecified atom stereocenters. The molecule has 0 aliphatic carbocycles. The number of allylic oxidation sites excluding steroid dienone is 12. The summed E-state index contributed by atoms with van der Waals surface area (Å²) in [4.78, 5) is 12.2. The summed E-state index contributed by atoms with van der Waals surface area (Å²) < 4.78 is 11.2. The minimum Gasteiger partial charge on any atom is -0.457 e. The van der Waals surface area contributed by atoms with E-state index in [0.29, 0.717) is 13.0 Å². The predicted octanol–water partition coefficient (Wildman–Crippen LogP) is 15.0. The van der Waals surface area contributed by atoms with Crippen LogP contribution >= 0.6 is 0 Å². The highest BCUT2D eigenvalue weighted by Crippen LogP contribution is 2.13. The lowest BCUT2D eigenvalue weighted by atomic mass is 10.1. The summed E-state index contributed by atoms with van der Waals surface area (Å²) in [6.45, 7) is 5.22. The molecule has 0 aromatic rings. The van der Waals surface area contributed by atoms with E-state index >= 15 is 0 Å². The zero-order chi connectivity index (χ0) is 38.4. The summed E-state index contributed by atoms with van der Waals surface area (Å²) in [6.07, 6.45) is 62.5. The normalized spacial score (nSPS) is 13.0. The first-order valence-electron chi connectivity index (χ1n) is 22.5. The number of hydrogen-bond acceptors (Lipinski definition) is 4. The van der Waals surface area contributed by atoms with Crippen LogP contribution in [0.5, 0.6) is 0 Å². The molecule has 0 spiro atoms. The maximum absolute atomic E-state index is 12.2. The van der Waals surface area contributed by atoms with Gasteiger partial charge in [-0.3, -0.25) is 4.79 Å². The number of carbonyl (C=O) groups is 1. The zero-order valence-corrected chi connectivity index (χ0v) is 35.0. The molecule has 306 valence electrons. The Morgan fingerprint density at radius 1 is 0.472 bits per heavy atom. The average molecular weight is 739 g/mol. The van der Waals surface area contributed by atoms with Gasteiger partial charge in [0.25, 0.3) is 0 Å². The maximum atomic E-state index is 12.2. The number of aliphatic hydroxyl groups is 1. The molecule has 1 N–H and O–H groups in total. The Hall–Kier alpha value is -2.17. The Morgan fingerprint density at radius 3 is 1.30 bits per heavy atom. The van der Waals surface area contributed by atoms with Crippen molar-refractivity contribution in [3.63, 3.8) is 0 Å². The van der Waals surface area contributed by atoms with Crippen LogP contribution < -0.4 is 0 Å². The Balaban J connectivity index is 3.49. The summed E-state index contributed by atoms with van der Waals surface area (Å²) in [5.74, 6) is -0.214. The van der Waals surface area contributed by atoms with Gasteiger partial charge in [-0.1, -0.05) is 189 Å². The zero-order valence-electron chi connectivity index (χ0n) is 35.0. The topological polar surface area (TPSA) is 55.8 Å². The summed E-state index contributed by atoms with van der Waals surface area (Å²) in [6, 6.07) is 0. The van der Waals surface area contributed by atoms with E-state index in [4.69, 9.17) is 9.47 Å². The fourth-order valence-corrected chi connectivity index (χ4v) is 6.17. The van der Waals surface area contributed by atoms with Crippen molar-refractivity contribution in [3.05, 3.63) is 72.9 Å². The SMILES string of the molecule is CC/C=C\C/C=C\C/C=C\C/C=C\C/C=C\CCCCCCCCCC(=O)OC(CO)COCCCCCCCCCC/C=C\CCCCCCCC. The minimum absolute atomic E-state index is 0.180. The van der Waals surface area contributed by atoms with E-state index in [-0.39, 0.29) is 19.2 Å². The molecule has 0 amide bonds. The second-order valence-corrected chi connectivity index (χ2v) is 14.7. The van der Waals surface area contributed by atoms with Crippen LogP contribution in [0.3, 0.4) is 0 Å². The van der Waals surface area contributed by atoms with Gasteiger partial charge in [0.15, 0.2) is 0 Å². The van der Waals surface area contributed by atoms with Crippen molar-refractivity contribution >= 4 is 5.97 Å². The summed E-state index contributed by atoms with van der Waals surface area (Å²) >= 11 is 0. The highest BCUT2D eigenvalue weighted by molar-refractivity contribution is 5.69. The molecule has 0 heterocycles. The van der Waals surface area contributed by atoms with Gasteiger partial charge in [-0.2, -0.15) is 0 Å². The van der Waals surface area contributed by atoms with Crippen LogP contribution in [0, 0.1) is 0 Å². The predicted molar refractivity (Wildman–Crippen MR) is 232 cm³/mol. The average Bonchev–Trinajstić information content (AvgIpc) is 3.16. The van der Waals surface area contributed by atoms with E-state index in [9.17, 15) is 9.90 Å². The number of rotatable bonds is 41. The van der Waals surface area contributed by atoms with Crippen LogP contribution in [-0.2, 0) is 14.3 Å². The van der Waals surface area contributed by atoms with Crippen molar-refractivity contribution in [2.75, 3.05) is 19.8 Å². The molecular weight excluding hydrogens is 653 g/mol. The van der Waals surface area contributed by atoms with Crippen molar-refractivity contribution in [1.29, 1.82) is 0 Å². The first kappa shape index (κ1) is 50.8. The lowest BCUT2D eigenvalue weighted by Crippen LogP contribution is -2.27. The van der Waals surface area contributed by atoms with E-state index < -0.39 is 6.10 Å². The monoisotopic (exact) mass is 739 g/mol. The fourth-order valence-electron chi connectivity index (χ4n) is 6.17. The van der Waals surface area contributed by atoms with Crippen molar-refractivity contribution in [2.24, 2.45) is 0 Å². The number of ether oxygens (including phenoxy) is 2. The molecule has 0 aliphatic heterocycles. The maximum Gasteiger partial charge on any atom is 0.306 e. The van der Waals surface area contributed by atoms with Crippen LogP contribution in [0.2, 0.25) is 0 Å². The lowest BCUT2D eigenvalue weighted by molar-refractivity contribution is -0.154. The Morgan fingerprint density at radius 2 is 0.849 bits per heavy atom. The molecule has 0 rings (SSSR count). The van der Waals surface area contributed by atoms with E-state index in [1.807, 2.05) is 0 Å². The van der Waals surface area contributed by atoms with Crippen LogP contribution in [0.4, 0.5) is 0 Å². The highest BCUT2D eigenvalue weighted by atomic mass is 16.6. The molecule has 0 fully saturated rings. The summed E-state index contributed by atoms with van der Waals surface area (Å²) in [5, 5.41) is 9.62. The van der Waals surface area contributed by atoms with E-state index in [1.165, 1.54) is 128 Å². The molecule has 53 heavy (non-hydrogen) atoms. The van der Waals surface area contributed by atoms with Crippen molar-refractivity contribution in [1.82, 2.24) is 0 Å². The van der Waals surface area contributed by atoms with Gasteiger partial charge >= 0.3 is 5.97 Å². The molecule has 1 atom stereocenters. The van der Waals surface area contributed by atoms with Crippen LogP contribution in [0.15, 0.2) is 72.9 Å². The molecular formula is C49H86O4. The third kappa shape index (κ3) is 44.1. The van der Waals surface area contributed by atoms with Crippen LogP contribution in [0.25, 0.3) is 0 Å². The van der Waals surface area contributed by atoms with Gasteiger partial charge in [0.1, 0.15) is 6.10 Å². The van der Waals surface area contributed by atoms with Crippen molar-refractivity contribution < 1.29 is 19.4 Å².